The smallest absolute Gasteiger partial charge is 0.329 e. The van der Waals surface area contributed by atoms with Crippen LogP contribution in [0.5, 0.6) is 0 Å². The molecule has 0 aliphatic heterocycles. The van der Waals surface area contributed by atoms with E-state index in [4.69, 9.17) is 9.47 Å². The van der Waals surface area contributed by atoms with Gasteiger partial charge in [-0.05, 0) is 85.9 Å². The van der Waals surface area contributed by atoms with Crippen molar-refractivity contribution in [3.05, 3.63) is 91.2 Å². The second-order valence-electron chi connectivity index (χ2n) is 16.0. The van der Waals surface area contributed by atoms with Crippen LogP contribution in [0.4, 0.5) is 8.78 Å². The van der Waals surface area contributed by atoms with Crippen LogP contribution in [0.2, 0.25) is 17.7 Å². The van der Waals surface area contributed by atoms with E-state index in [2.05, 4.69) is 55.9 Å². The summed E-state index contributed by atoms with van der Waals surface area (Å²) >= 11 is 1.42. The monoisotopic (exact) mass is 1000 g/mol. The number of hydrogen-bond acceptors (Lipinski definition) is 6. The normalized spacial score (nSPS) is 12.0. The van der Waals surface area contributed by atoms with Gasteiger partial charge in [-0.3, -0.25) is 18.7 Å². The molecule has 338 valence electrons. The minimum atomic E-state index is -1.78. The van der Waals surface area contributed by atoms with Crippen LogP contribution >= 0.6 is 15.9 Å². The molecule has 0 N–H and O–H groups in total. The molecule has 8 nitrogen and oxygen atoms in total. The Morgan fingerprint density at radius 3 is 1.46 bits per heavy atom. The van der Waals surface area contributed by atoms with Crippen LogP contribution in [-0.4, -0.2) is 52.7 Å². The van der Waals surface area contributed by atoms with Gasteiger partial charge in [0.25, 0.3) is 11.1 Å². The molecule has 59 heavy (non-hydrogen) atoms. The summed E-state index contributed by atoms with van der Waals surface area (Å²) in [7, 11) is 0. The number of pyridine rings is 2. The van der Waals surface area contributed by atoms with Gasteiger partial charge in [0.05, 0.1) is 13.2 Å². The van der Waals surface area contributed by atoms with E-state index in [1.54, 1.807) is 46.4 Å². The van der Waals surface area contributed by atoms with E-state index < -0.39 is 65.2 Å². The summed E-state index contributed by atoms with van der Waals surface area (Å²) in [6.07, 6.45) is 16.7. The molecule has 0 fully saturated rings. The zero-order valence-corrected chi connectivity index (χ0v) is 42.1. The summed E-state index contributed by atoms with van der Waals surface area (Å²) in [6, 6.07) is -1.63. The van der Waals surface area contributed by atoms with E-state index in [1.807, 2.05) is 27.7 Å². The average Bonchev–Trinajstić information content (AvgIpc) is 3.18. The molecule has 0 aromatic carbocycles. The third kappa shape index (κ3) is 19.8. The number of esters is 2. The van der Waals surface area contributed by atoms with E-state index in [9.17, 15) is 28.0 Å². The molecule has 0 spiro atoms. The van der Waals surface area contributed by atoms with Gasteiger partial charge < -0.3 is 9.47 Å². The number of aromatic nitrogens is 2. The fourth-order valence-electron chi connectivity index (χ4n) is 6.88. The third-order valence-electron chi connectivity index (χ3n) is 10.2. The van der Waals surface area contributed by atoms with Crippen molar-refractivity contribution in [2.45, 2.75) is 171 Å². The summed E-state index contributed by atoms with van der Waals surface area (Å²) in [5.74, 6) is -2.37. The van der Waals surface area contributed by atoms with Crippen molar-refractivity contribution in [1.82, 2.24) is 9.13 Å². The van der Waals surface area contributed by atoms with Crippen molar-refractivity contribution in [2.75, 3.05) is 13.2 Å². The molecule has 0 aliphatic rings. The molecule has 2 heterocycles. The molecule has 0 aliphatic carbocycles. The molecule has 2 unspecified atom stereocenters. The van der Waals surface area contributed by atoms with Crippen molar-refractivity contribution in [2.24, 2.45) is 11.8 Å². The Balaban J connectivity index is 0. The molecule has 2 rings (SSSR count). The van der Waals surface area contributed by atoms with Crippen LogP contribution in [0.25, 0.3) is 0 Å². The predicted molar refractivity (Wildman–Crippen MR) is 249 cm³/mol. The Morgan fingerprint density at radius 2 is 1.12 bits per heavy atom. The average molecular weight is 1000 g/mol. The molecule has 2 aromatic rings. The first-order valence-corrected chi connectivity index (χ1v) is 30.2. The first kappa shape index (κ1) is 58.6. The van der Waals surface area contributed by atoms with Crippen LogP contribution in [-0.2, 0) is 25.5 Å². The predicted octanol–water partition coefficient (Wildman–Crippen LogP) is 13.0. The van der Waals surface area contributed by atoms with Gasteiger partial charge in [-0.25, -0.2) is 18.4 Å². The number of nitrogens with zero attached hydrogens (tertiary/aromatic N) is 2. The number of allylic oxidation sites excluding steroid dienone is 2. The van der Waals surface area contributed by atoms with Crippen molar-refractivity contribution in [3.8, 4) is 0 Å². The van der Waals surface area contributed by atoms with Gasteiger partial charge >= 0.3 is 120 Å². The number of halogens is 3. The van der Waals surface area contributed by atoms with E-state index in [1.165, 1.54) is 60.6 Å². The van der Waals surface area contributed by atoms with Crippen LogP contribution in [0.1, 0.15) is 150 Å². The number of carbonyl (C=O) groups is 2. The maximum Gasteiger partial charge on any atom is 0.329 e. The first-order valence-electron chi connectivity index (χ1n) is 21.4. The fraction of sp³-hybridized carbons (Fsp3) is 0.660. The number of unbranched alkanes of at least 4 members (excludes halogenated alkanes) is 3. The molecule has 2 atom stereocenters. The van der Waals surface area contributed by atoms with Crippen LogP contribution in [0.15, 0.2) is 51.8 Å². The molecular weight excluding hydrogens is 925 g/mol. The largest absolute Gasteiger partial charge is 0.464 e. The Bertz CT molecular complexity index is 1670. The maximum absolute atomic E-state index is 14.2. The summed E-state index contributed by atoms with van der Waals surface area (Å²) in [4.78, 5) is 48.5. The number of carbonyl (C=O) groups excluding carboxylic acids is 2. The van der Waals surface area contributed by atoms with Gasteiger partial charge in [0.2, 0.25) is 0 Å². The van der Waals surface area contributed by atoms with Crippen LogP contribution in [0.3, 0.4) is 0 Å². The van der Waals surface area contributed by atoms with Gasteiger partial charge in [-0.2, -0.15) is 0 Å². The summed E-state index contributed by atoms with van der Waals surface area (Å²) < 4.78 is 47.2. The second-order valence-corrected chi connectivity index (χ2v) is 30.9. The molecule has 0 bridgehead atoms. The van der Waals surface area contributed by atoms with Gasteiger partial charge in [0.1, 0.15) is 12.1 Å². The van der Waals surface area contributed by atoms with E-state index >= 15 is 0 Å². The maximum atomic E-state index is 14.2. The Morgan fingerprint density at radius 1 is 0.729 bits per heavy atom. The molecule has 0 amide bonds. The first-order chi connectivity index (χ1) is 27.4. The zero-order chi connectivity index (χ0) is 44.6. The number of ether oxygens (including phenoxy) is 2. The Kier molecular flexibility index (Phi) is 31.1. The number of rotatable bonds is 23. The van der Waals surface area contributed by atoms with E-state index in [0.29, 0.717) is 34.9 Å². The second kappa shape index (κ2) is 31.3. The molecule has 0 saturated heterocycles. The summed E-state index contributed by atoms with van der Waals surface area (Å²) in [6.45, 7) is 29.3. The standard InChI is InChI=1S/C17H24FNO3.C14H19BrFNO3.3C4H9.C3H5.CH4.Sn/c1-6-8-13-10-19(16(20)15(18)12(13)5)14(9-11(3)4)17(21)22-7-2;1-5-20-14(19)11(6-8(2)3)17-7-10(15)9(4)12(16)13(17)18;3*1-3-4-2;1-3-2;;/h6,10-11,14H,1,7-9H2,2-5H3;7-8,11H,5-6H2,1-4H3;3*1,3-4H2,2H3;3H,1-2H2;1H4;. The van der Waals surface area contributed by atoms with Gasteiger partial charge in [-0.1, -0.05) is 41.2 Å². The van der Waals surface area contributed by atoms with Crippen molar-refractivity contribution < 1.29 is 27.8 Å². The summed E-state index contributed by atoms with van der Waals surface area (Å²) in [5, 5.41) is 0. The topological polar surface area (TPSA) is 96.6 Å². The minimum Gasteiger partial charge on any atom is -0.464 e. The minimum absolute atomic E-state index is 0. The van der Waals surface area contributed by atoms with Gasteiger partial charge in [0, 0.05) is 22.4 Å². The third-order valence-corrected chi connectivity index (χ3v) is 26.4. The van der Waals surface area contributed by atoms with Gasteiger partial charge in [-0.15, -0.1) is 6.58 Å². The van der Waals surface area contributed by atoms with Gasteiger partial charge in [0.15, 0.2) is 11.6 Å². The van der Waals surface area contributed by atoms with Crippen molar-refractivity contribution in [1.29, 1.82) is 0 Å². The zero-order valence-electron chi connectivity index (χ0n) is 37.6. The Labute approximate surface area is 368 Å². The molecule has 12 heteroatoms. The molecule has 0 radical (unpaired) electrons. The number of hydrogen-bond donors (Lipinski definition) is 0. The van der Waals surface area contributed by atoms with Crippen LogP contribution < -0.4 is 11.1 Å². The van der Waals surface area contributed by atoms with Crippen LogP contribution in [0, 0.1) is 37.3 Å². The molecular formula is C47H79BrF2N2O6Sn. The molecule has 2 aromatic heterocycles. The SMILES string of the molecule is C.C=CCc1cn(C(CC(C)C)C(=O)OCC)c(=O)c(F)c1C.C=C[CH2][Sn]([CH2]CCC)([CH2]CCC)[CH2]CCC.CCOC(=O)C(CC(C)C)n1cc(Br)c(C)c(F)c1=O. The van der Waals surface area contributed by atoms with E-state index in [-0.39, 0.29) is 38.0 Å². The molecule has 0 saturated carbocycles. The summed E-state index contributed by atoms with van der Waals surface area (Å²) in [5.41, 5.74) is -0.412. The van der Waals surface area contributed by atoms with Crippen molar-refractivity contribution in [3.63, 3.8) is 0 Å². The quantitative estimate of drug-likeness (QED) is 0.0625. The van der Waals surface area contributed by atoms with Crippen molar-refractivity contribution >= 4 is 46.2 Å². The Hall–Kier alpha value is -2.54. The van der Waals surface area contributed by atoms with E-state index in [0.717, 1.165) is 4.57 Å². The fourth-order valence-corrected chi connectivity index (χ4v) is 22.4.